The van der Waals surface area contributed by atoms with Gasteiger partial charge in [-0.2, -0.15) is 0 Å². The van der Waals surface area contributed by atoms with E-state index in [1.807, 2.05) is 41.9 Å². The second-order valence-corrected chi connectivity index (χ2v) is 6.45. The van der Waals surface area contributed by atoms with E-state index >= 15 is 0 Å². The van der Waals surface area contributed by atoms with E-state index in [9.17, 15) is 4.79 Å². The van der Waals surface area contributed by atoms with Crippen molar-refractivity contribution in [2.75, 3.05) is 20.0 Å². The molecule has 26 heavy (non-hydrogen) atoms. The highest BCUT2D eigenvalue weighted by atomic mass is 32.2. The van der Waals surface area contributed by atoms with Crippen LogP contribution in [-0.2, 0) is 7.05 Å². The Morgan fingerprint density at radius 2 is 1.88 bits per heavy atom. The predicted molar refractivity (Wildman–Crippen MR) is 101 cm³/mol. The molecule has 7 heteroatoms. The van der Waals surface area contributed by atoms with E-state index in [0.29, 0.717) is 22.3 Å². The highest BCUT2D eigenvalue weighted by molar-refractivity contribution is 7.99. The molecule has 2 aromatic carbocycles. The first kappa shape index (κ1) is 18.0. The molecule has 3 rings (SSSR count). The van der Waals surface area contributed by atoms with Crippen molar-refractivity contribution < 1.29 is 14.3 Å². The molecule has 134 valence electrons. The second kappa shape index (κ2) is 8.05. The Labute approximate surface area is 156 Å². The SMILES string of the molecule is COc1cccc(C(=O)CSc2nnc(-c3ccccc3OC)n2C)c1. The van der Waals surface area contributed by atoms with Gasteiger partial charge in [-0.3, -0.25) is 4.79 Å². The topological polar surface area (TPSA) is 66.2 Å². The number of hydrogen-bond acceptors (Lipinski definition) is 6. The molecule has 0 atom stereocenters. The summed E-state index contributed by atoms with van der Waals surface area (Å²) in [5.41, 5.74) is 1.47. The number of nitrogens with zero attached hydrogens (tertiary/aromatic N) is 3. The average molecular weight is 369 g/mol. The summed E-state index contributed by atoms with van der Waals surface area (Å²) in [6.45, 7) is 0. The quantitative estimate of drug-likeness (QED) is 0.469. The van der Waals surface area contributed by atoms with Crippen molar-refractivity contribution in [3.05, 3.63) is 54.1 Å². The molecule has 0 aliphatic carbocycles. The van der Waals surface area contributed by atoms with Crippen LogP contribution in [0.15, 0.2) is 53.7 Å². The van der Waals surface area contributed by atoms with Crippen molar-refractivity contribution in [1.29, 1.82) is 0 Å². The van der Waals surface area contributed by atoms with Crippen LogP contribution >= 0.6 is 11.8 Å². The number of carbonyl (C=O) groups is 1. The van der Waals surface area contributed by atoms with E-state index in [1.54, 1.807) is 32.4 Å². The lowest BCUT2D eigenvalue weighted by Crippen LogP contribution is -2.04. The van der Waals surface area contributed by atoms with Crippen LogP contribution in [0.5, 0.6) is 11.5 Å². The van der Waals surface area contributed by atoms with Crippen molar-refractivity contribution >= 4 is 17.5 Å². The molecule has 0 radical (unpaired) electrons. The first-order valence-electron chi connectivity index (χ1n) is 7.97. The average Bonchev–Trinajstić information content (AvgIpc) is 3.06. The third-order valence-corrected chi connectivity index (χ3v) is 4.93. The van der Waals surface area contributed by atoms with Gasteiger partial charge in [-0.15, -0.1) is 10.2 Å². The molecule has 3 aromatic rings. The van der Waals surface area contributed by atoms with E-state index in [4.69, 9.17) is 9.47 Å². The number of carbonyl (C=O) groups excluding carboxylic acids is 1. The van der Waals surface area contributed by atoms with Crippen LogP contribution in [0.25, 0.3) is 11.4 Å². The zero-order chi connectivity index (χ0) is 18.5. The first-order chi connectivity index (χ1) is 12.6. The Hall–Kier alpha value is -2.80. The summed E-state index contributed by atoms with van der Waals surface area (Å²) < 4.78 is 12.4. The van der Waals surface area contributed by atoms with Crippen molar-refractivity contribution in [3.8, 4) is 22.9 Å². The Balaban J connectivity index is 1.75. The lowest BCUT2D eigenvalue weighted by molar-refractivity contribution is 0.102. The van der Waals surface area contributed by atoms with Crippen molar-refractivity contribution in [2.24, 2.45) is 7.05 Å². The first-order valence-corrected chi connectivity index (χ1v) is 8.95. The number of ether oxygens (including phenoxy) is 2. The molecular weight excluding hydrogens is 350 g/mol. The summed E-state index contributed by atoms with van der Waals surface area (Å²) in [4.78, 5) is 12.4. The van der Waals surface area contributed by atoms with Gasteiger partial charge in [-0.1, -0.05) is 36.0 Å². The molecule has 1 heterocycles. The minimum absolute atomic E-state index is 0.00995. The molecule has 1 aromatic heterocycles. The fourth-order valence-corrected chi connectivity index (χ4v) is 3.32. The van der Waals surface area contributed by atoms with E-state index in [1.165, 1.54) is 11.8 Å². The number of aromatic nitrogens is 3. The number of rotatable bonds is 7. The largest absolute Gasteiger partial charge is 0.497 e. The molecule has 0 saturated heterocycles. The number of benzene rings is 2. The zero-order valence-corrected chi connectivity index (χ0v) is 15.6. The summed E-state index contributed by atoms with van der Waals surface area (Å²) in [5, 5.41) is 9.13. The van der Waals surface area contributed by atoms with Crippen molar-refractivity contribution in [1.82, 2.24) is 14.8 Å². The molecule has 6 nitrogen and oxygen atoms in total. The summed E-state index contributed by atoms with van der Waals surface area (Å²) in [6, 6.07) is 14.8. The van der Waals surface area contributed by atoms with Gasteiger partial charge in [0.25, 0.3) is 0 Å². The summed E-state index contributed by atoms with van der Waals surface area (Å²) >= 11 is 1.35. The Morgan fingerprint density at radius 1 is 1.08 bits per heavy atom. The molecule has 0 aliphatic heterocycles. The van der Waals surface area contributed by atoms with Crippen molar-refractivity contribution in [3.63, 3.8) is 0 Å². The monoisotopic (exact) mass is 369 g/mol. The van der Waals surface area contributed by atoms with Gasteiger partial charge in [0, 0.05) is 12.6 Å². The minimum Gasteiger partial charge on any atom is -0.497 e. The minimum atomic E-state index is 0.00995. The van der Waals surface area contributed by atoms with Gasteiger partial charge in [0.05, 0.1) is 25.5 Å². The summed E-state index contributed by atoms with van der Waals surface area (Å²) in [7, 11) is 5.08. The van der Waals surface area contributed by atoms with E-state index in [2.05, 4.69) is 10.2 Å². The van der Waals surface area contributed by atoms with Crippen LogP contribution in [0.1, 0.15) is 10.4 Å². The van der Waals surface area contributed by atoms with Gasteiger partial charge in [-0.05, 0) is 24.3 Å². The smallest absolute Gasteiger partial charge is 0.191 e. The lowest BCUT2D eigenvalue weighted by atomic mass is 10.1. The molecule has 0 aliphatic rings. The fraction of sp³-hybridized carbons (Fsp3) is 0.211. The summed E-state index contributed by atoms with van der Waals surface area (Å²) in [5.74, 6) is 2.37. The third-order valence-electron chi connectivity index (χ3n) is 3.91. The van der Waals surface area contributed by atoms with E-state index < -0.39 is 0 Å². The second-order valence-electron chi connectivity index (χ2n) is 5.51. The molecule has 0 spiro atoms. The summed E-state index contributed by atoms with van der Waals surface area (Å²) in [6.07, 6.45) is 0. The van der Waals surface area contributed by atoms with Crippen LogP contribution in [-0.4, -0.2) is 40.5 Å². The van der Waals surface area contributed by atoms with Gasteiger partial charge in [0.1, 0.15) is 11.5 Å². The maximum absolute atomic E-state index is 12.4. The van der Waals surface area contributed by atoms with E-state index in [0.717, 1.165) is 11.3 Å². The van der Waals surface area contributed by atoms with Crippen LogP contribution < -0.4 is 9.47 Å². The standard InChI is InChI=1S/C19H19N3O3S/c1-22-18(15-9-4-5-10-17(15)25-3)20-21-19(22)26-12-16(23)13-7-6-8-14(11-13)24-2/h4-11H,12H2,1-3H3. The van der Waals surface area contributed by atoms with Crippen LogP contribution in [0, 0.1) is 0 Å². The van der Waals surface area contributed by atoms with Gasteiger partial charge < -0.3 is 14.0 Å². The van der Waals surface area contributed by atoms with Crippen LogP contribution in [0.2, 0.25) is 0 Å². The lowest BCUT2D eigenvalue weighted by Gasteiger charge is -2.08. The number of hydrogen-bond donors (Lipinski definition) is 0. The molecule has 0 fully saturated rings. The number of ketones is 1. The number of methoxy groups -OCH3 is 2. The highest BCUT2D eigenvalue weighted by Crippen LogP contribution is 2.30. The molecular formula is C19H19N3O3S. The van der Waals surface area contributed by atoms with Crippen LogP contribution in [0.4, 0.5) is 0 Å². The Bertz CT molecular complexity index is 924. The maximum Gasteiger partial charge on any atom is 0.191 e. The Morgan fingerprint density at radius 3 is 2.65 bits per heavy atom. The Kier molecular flexibility index (Phi) is 5.58. The number of thioether (sulfide) groups is 1. The highest BCUT2D eigenvalue weighted by Gasteiger charge is 2.16. The predicted octanol–water partition coefficient (Wildman–Crippen LogP) is 3.47. The van der Waals surface area contributed by atoms with E-state index in [-0.39, 0.29) is 11.5 Å². The number of para-hydroxylation sites is 1. The zero-order valence-electron chi connectivity index (χ0n) is 14.8. The molecule has 0 amide bonds. The molecule has 0 unspecified atom stereocenters. The molecule has 0 bridgehead atoms. The molecule has 0 saturated carbocycles. The van der Waals surface area contributed by atoms with Gasteiger partial charge in [0.2, 0.25) is 0 Å². The fourth-order valence-electron chi connectivity index (χ4n) is 2.51. The van der Waals surface area contributed by atoms with Gasteiger partial charge >= 0.3 is 0 Å². The van der Waals surface area contributed by atoms with Gasteiger partial charge in [0.15, 0.2) is 16.8 Å². The number of Topliss-reactive ketones (excluding diaryl/α,β-unsaturated/α-hetero) is 1. The normalized spacial score (nSPS) is 10.6. The van der Waals surface area contributed by atoms with Crippen molar-refractivity contribution in [2.45, 2.75) is 5.16 Å². The molecule has 0 N–H and O–H groups in total. The third kappa shape index (κ3) is 3.72. The van der Waals surface area contributed by atoms with Crippen LogP contribution in [0.3, 0.4) is 0 Å². The maximum atomic E-state index is 12.4. The van der Waals surface area contributed by atoms with Gasteiger partial charge in [-0.25, -0.2) is 0 Å².